The lowest BCUT2D eigenvalue weighted by Gasteiger charge is -2.12. The molecular weight excluding hydrogens is 406 g/mol. The van der Waals surface area contributed by atoms with E-state index < -0.39 is 10.0 Å². The van der Waals surface area contributed by atoms with Crippen molar-refractivity contribution in [2.24, 2.45) is 0 Å². The number of rotatable bonds is 6. The number of nitrogens with zero attached hydrogens (tertiary/aromatic N) is 2. The minimum atomic E-state index is -3.77. The molecule has 0 spiro atoms. The van der Waals surface area contributed by atoms with Crippen molar-refractivity contribution in [3.8, 4) is 17.3 Å². The van der Waals surface area contributed by atoms with Gasteiger partial charge in [-0.3, -0.25) is 4.72 Å². The number of nitrogens with one attached hydrogen (secondary N) is 1. The Bertz CT molecular complexity index is 1300. The minimum absolute atomic E-state index is 0.194. The van der Waals surface area contributed by atoms with Crippen LogP contribution in [0.1, 0.15) is 17.0 Å². The highest BCUT2D eigenvalue weighted by Gasteiger charge is 2.21. The summed E-state index contributed by atoms with van der Waals surface area (Å²) in [6.07, 6.45) is 2.50. The molecular formula is C21H17N3O5S. The highest BCUT2D eigenvalue weighted by atomic mass is 32.2. The van der Waals surface area contributed by atoms with Crippen LogP contribution in [0.5, 0.6) is 5.75 Å². The van der Waals surface area contributed by atoms with E-state index in [2.05, 4.69) is 14.9 Å². The Hall–Kier alpha value is -3.59. The molecule has 0 unspecified atom stereocenters. The second kappa shape index (κ2) is 7.34. The molecule has 0 aliphatic carbocycles. The van der Waals surface area contributed by atoms with Crippen LogP contribution in [-0.4, -0.2) is 25.2 Å². The quantitative estimate of drug-likeness (QED) is 0.504. The standard InChI is InChI=1S/C21H17N3O5S/c25-30(26,16-7-8-18-15(12-16)9-11-28-18)24-17-5-2-1-4-14(17)13-20-22-21(23-29-20)19-6-3-10-27-19/h1-8,10,12,24H,9,11,13H2. The first-order valence-corrected chi connectivity index (χ1v) is 10.8. The van der Waals surface area contributed by atoms with Crippen LogP contribution in [0, 0.1) is 0 Å². The lowest BCUT2D eigenvalue weighted by molar-refractivity contribution is 0.356. The Morgan fingerprint density at radius 1 is 1.07 bits per heavy atom. The third-order valence-electron chi connectivity index (χ3n) is 4.78. The van der Waals surface area contributed by atoms with E-state index in [1.54, 1.807) is 42.5 Å². The fourth-order valence-electron chi connectivity index (χ4n) is 3.30. The number of anilines is 1. The molecule has 5 rings (SSSR count). The average molecular weight is 423 g/mol. The molecule has 0 fully saturated rings. The summed E-state index contributed by atoms with van der Waals surface area (Å²) < 4.78 is 44.6. The summed E-state index contributed by atoms with van der Waals surface area (Å²) in [5.41, 5.74) is 2.05. The molecule has 1 aliphatic heterocycles. The third-order valence-corrected chi connectivity index (χ3v) is 6.15. The van der Waals surface area contributed by atoms with Crippen LogP contribution in [0.25, 0.3) is 11.6 Å². The number of hydrogen-bond donors (Lipinski definition) is 1. The first-order valence-electron chi connectivity index (χ1n) is 9.31. The largest absolute Gasteiger partial charge is 0.493 e. The van der Waals surface area contributed by atoms with Crippen LogP contribution in [0.2, 0.25) is 0 Å². The van der Waals surface area contributed by atoms with Crippen molar-refractivity contribution in [1.29, 1.82) is 0 Å². The van der Waals surface area contributed by atoms with Crippen LogP contribution in [0.3, 0.4) is 0 Å². The van der Waals surface area contributed by atoms with Gasteiger partial charge >= 0.3 is 0 Å². The average Bonchev–Trinajstić information content (AvgIpc) is 3.50. The summed E-state index contributed by atoms with van der Waals surface area (Å²) in [5, 5.41) is 3.91. The SMILES string of the molecule is O=S(=O)(Nc1ccccc1Cc1nc(-c2ccco2)no1)c1ccc2c(c1)CCO2. The Labute approximate surface area is 172 Å². The highest BCUT2D eigenvalue weighted by molar-refractivity contribution is 7.92. The molecule has 0 saturated heterocycles. The zero-order valence-corrected chi connectivity index (χ0v) is 16.6. The number of ether oxygens (including phenoxy) is 1. The third kappa shape index (κ3) is 3.55. The molecule has 2 aromatic carbocycles. The molecule has 4 aromatic rings. The van der Waals surface area contributed by atoms with Gasteiger partial charge in [0.1, 0.15) is 5.75 Å². The zero-order valence-electron chi connectivity index (χ0n) is 15.7. The molecule has 2 aromatic heterocycles. The second-order valence-corrected chi connectivity index (χ2v) is 8.48. The van der Waals surface area contributed by atoms with Crippen molar-refractivity contribution in [2.75, 3.05) is 11.3 Å². The van der Waals surface area contributed by atoms with Gasteiger partial charge in [0.2, 0.25) is 11.7 Å². The lowest BCUT2D eigenvalue weighted by Crippen LogP contribution is -2.14. The Kier molecular flexibility index (Phi) is 4.51. The van der Waals surface area contributed by atoms with E-state index in [9.17, 15) is 8.42 Å². The Balaban J connectivity index is 1.40. The normalized spacial score (nSPS) is 13.1. The smallest absolute Gasteiger partial charge is 0.261 e. The number of benzene rings is 2. The van der Waals surface area contributed by atoms with Crippen LogP contribution in [-0.2, 0) is 22.9 Å². The number of sulfonamides is 1. The summed E-state index contributed by atoms with van der Waals surface area (Å²) in [7, 11) is -3.77. The molecule has 152 valence electrons. The van der Waals surface area contributed by atoms with Crippen molar-refractivity contribution in [3.63, 3.8) is 0 Å². The predicted octanol–water partition coefficient (Wildman–Crippen LogP) is 3.66. The summed E-state index contributed by atoms with van der Waals surface area (Å²) in [5.74, 6) is 1.92. The summed E-state index contributed by atoms with van der Waals surface area (Å²) in [6, 6.07) is 15.5. The first kappa shape index (κ1) is 18.4. The monoisotopic (exact) mass is 423 g/mol. The van der Waals surface area contributed by atoms with Crippen LogP contribution < -0.4 is 9.46 Å². The summed E-state index contributed by atoms with van der Waals surface area (Å²) in [4.78, 5) is 4.51. The first-order chi connectivity index (χ1) is 14.6. The number of furan rings is 1. The van der Waals surface area contributed by atoms with Gasteiger partial charge in [0.15, 0.2) is 5.76 Å². The van der Waals surface area contributed by atoms with Gasteiger partial charge in [0, 0.05) is 6.42 Å². The minimum Gasteiger partial charge on any atom is -0.493 e. The molecule has 1 N–H and O–H groups in total. The molecule has 0 bridgehead atoms. The van der Waals surface area contributed by atoms with Gasteiger partial charge in [-0.1, -0.05) is 23.4 Å². The Morgan fingerprint density at radius 2 is 1.97 bits per heavy atom. The highest BCUT2D eigenvalue weighted by Crippen LogP contribution is 2.29. The molecule has 3 heterocycles. The maximum Gasteiger partial charge on any atom is 0.261 e. The molecule has 9 heteroatoms. The van der Waals surface area contributed by atoms with Crippen molar-refractivity contribution in [1.82, 2.24) is 10.1 Å². The Morgan fingerprint density at radius 3 is 2.83 bits per heavy atom. The van der Waals surface area contributed by atoms with E-state index in [1.807, 2.05) is 12.1 Å². The molecule has 1 aliphatic rings. The maximum absolute atomic E-state index is 12.9. The van der Waals surface area contributed by atoms with E-state index in [0.29, 0.717) is 41.8 Å². The van der Waals surface area contributed by atoms with Gasteiger partial charge in [0.25, 0.3) is 10.0 Å². The topological polar surface area (TPSA) is 107 Å². The van der Waals surface area contributed by atoms with Gasteiger partial charge < -0.3 is 13.7 Å². The van der Waals surface area contributed by atoms with E-state index in [0.717, 1.165) is 11.3 Å². The van der Waals surface area contributed by atoms with Gasteiger partial charge in [-0.25, -0.2) is 8.42 Å². The molecule has 0 radical (unpaired) electrons. The van der Waals surface area contributed by atoms with Gasteiger partial charge in [-0.2, -0.15) is 4.98 Å². The van der Waals surface area contributed by atoms with E-state index in [-0.39, 0.29) is 11.3 Å². The number of para-hydroxylation sites is 1. The maximum atomic E-state index is 12.9. The van der Waals surface area contributed by atoms with Crippen molar-refractivity contribution >= 4 is 15.7 Å². The number of fused-ring (bicyclic) bond motifs is 1. The van der Waals surface area contributed by atoms with Gasteiger partial charge in [-0.15, -0.1) is 0 Å². The van der Waals surface area contributed by atoms with Crippen LogP contribution >= 0.6 is 0 Å². The second-order valence-electron chi connectivity index (χ2n) is 6.80. The molecule has 0 amide bonds. The molecule has 30 heavy (non-hydrogen) atoms. The fraction of sp³-hybridized carbons (Fsp3) is 0.143. The van der Waals surface area contributed by atoms with E-state index in [4.69, 9.17) is 13.7 Å². The molecule has 0 atom stereocenters. The van der Waals surface area contributed by atoms with Crippen molar-refractivity contribution in [3.05, 3.63) is 77.9 Å². The number of aromatic nitrogens is 2. The summed E-state index contributed by atoms with van der Waals surface area (Å²) >= 11 is 0. The zero-order chi connectivity index (χ0) is 20.6. The van der Waals surface area contributed by atoms with Crippen LogP contribution in [0.15, 0.2) is 74.7 Å². The molecule has 8 nitrogen and oxygen atoms in total. The van der Waals surface area contributed by atoms with Crippen LogP contribution in [0.4, 0.5) is 5.69 Å². The van der Waals surface area contributed by atoms with Gasteiger partial charge in [-0.05, 0) is 47.5 Å². The fourth-order valence-corrected chi connectivity index (χ4v) is 4.45. The lowest BCUT2D eigenvalue weighted by atomic mass is 10.1. The summed E-state index contributed by atoms with van der Waals surface area (Å²) in [6.45, 7) is 0.569. The number of hydrogen-bond acceptors (Lipinski definition) is 7. The molecule has 0 saturated carbocycles. The van der Waals surface area contributed by atoms with E-state index in [1.165, 1.54) is 6.26 Å². The van der Waals surface area contributed by atoms with Gasteiger partial charge in [0.05, 0.1) is 29.9 Å². The van der Waals surface area contributed by atoms with E-state index >= 15 is 0 Å². The predicted molar refractivity (Wildman–Crippen MR) is 108 cm³/mol. The van der Waals surface area contributed by atoms with Crippen molar-refractivity contribution < 1.29 is 22.1 Å². The van der Waals surface area contributed by atoms with Crippen molar-refractivity contribution in [2.45, 2.75) is 17.7 Å².